The molecule has 154 valence electrons. The van der Waals surface area contributed by atoms with Crippen molar-refractivity contribution in [3.8, 4) is 0 Å². The molecule has 2 N–H and O–H groups in total. The van der Waals surface area contributed by atoms with E-state index < -0.39 is 28.6 Å². The van der Waals surface area contributed by atoms with E-state index in [1.54, 1.807) is 20.8 Å². The Morgan fingerprint density at radius 3 is 2.59 bits per heavy atom. The number of nitrogens with one attached hydrogen (secondary N) is 2. The highest BCUT2D eigenvalue weighted by molar-refractivity contribution is 5.88. The number of hydrazone groups is 1. The molecule has 1 aromatic carbocycles. The Labute approximate surface area is 167 Å². The maximum atomic E-state index is 12.5. The van der Waals surface area contributed by atoms with Crippen LogP contribution < -0.4 is 10.7 Å². The lowest BCUT2D eigenvalue weighted by Gasteiger charge is -2.23. The number of rotatable bonds is 7. The van der Waals surface area contributed by atoms with Crippen LogP contribution in [0.4, 0.5) is 10.5 Å². The highest BCUT2D eigenvalue weighted by atomic mass is 16.6. The number of ether oxygens (including phenoxy) is 1. The van der Waals surface area contributed by atoms with Crippen LogP contribution in [0, 0.1) is 10.1 Å². The molecule has 0 saturated carbocycles. The summed E-state index contributed by atoms with van der Waals surface area (Å²) >= 11 is 0. The Bertz CT molecular complexity index is 886. The molecule has 1 unspecified atom stereocenters. The first-order valence-corrected chi connectivity index (χ1v) is 8.74. The summed E-state index contributed by atoms with van der Waals surface area (Å²) in [5, 5.41) is 17.1. The largest absolute Gasteiger partial charge is 0.456 e. The van der Waals surface area contributed by atoms with Crippen LogP contribution in [0.3, 0.4) is 0 Å². The minimum absolute atomic E-state index is 0.116. The van der Waals surface area contributed by atoms with Gasteiger partial charge in [-0.2, -0.15) is 5.10 Å². The minimum atomic E-state index is -0.976. The highest BCUT2D eigenvalue weighted by Gasteiger charge is 2.25. The van der Waals surface area contributed by atoms with Gasteiger partial charge in [0, 0.05) is 6.42 Å². The van der Waals surface area contributed by atoms with Gasteiger partial charge in [-0.05, 0) is 26.3 Å². The summed E-state index contributed by atoms with van der Waals surface area (Å²) in [5.41, 5.74) is 2.06. The van der Waals surface area contributed by atoms with E-state index >= 15 is 0 Å². The zero-order valence-corrected chi connectivity index (χ0v) is 16.2. The first kappa shape index (κ1) is 21.6. The molecule has 29 heavy (non-hydrogen) atoms. The summed E-state index contributed by atoms with van der Waals surface area (Å²) < 4.78 is 10.2. The molecule has 1 atom stereocenters. The van der Waals surface area contributed by atoms with Crippen LogP contribution in [0.15, 0.2) is 52.2 Å². The summed E-state index contributed by atoms with van der Waals surface area (Å²) in [5.74, 6) is -0.736. The van der Waals surface area contributed by atoms with Crippen molar-refractivity contribution in [1.82, 2.24) is 10.7 Å². The zero-order valence-electron chi connectivity index (χ0n) is 16.2. The van der Waals surface area contributed by atoms with Crippen LogP contribution in [0.2, 0.25) is 0 Å². The third-order valence-electron chi connectivity index (χ3n) is 3.52. The van der Waals surface area contributed by atoms with Crippen LogP contribution in [-0.4, -0.2) is 34.8 Å². The average Bonchev–Trinajstić information content (AvgIpc) is 3.09. The second-order valence-corrected chi connectivity index (χ2v) is 7.05. The quantitative estimate of drug-likeness (QED) is 0.415. The molecule has 0 fully saturated rings. The van der Waals surface area contributed by atoms with E-state index in [0.717, 1.165) is 18.0 Å². The molecule has 0 spiro atoms. The molecular formula is C19H22N4O6. The van der Waals surface area contributed by atoms with Crippen molar-refractivity contribution < 1.29 is 23.7 Å². The molecule has 0 bridgehead atoms. The van der Waals surface area contributed by atoms with Crippen LogP contribution in [0.5, 0.6) is 0 Å². The van der Waals surface area contributed by atoms with E-state index in [2.05, 4.69) is 15.8 Å². The Morgan fingerprint density at radius 1 is 1.28 bits per heavy atom. The van der Waals surface area contributed by atoms with Gasteiger partial charge in [-0.25, -0.2) is 10.2 Å². The van der Waals surface area contributed by atoms with E-state index in [1.165, 1.54) is 6.07 Å². The predicted octanol–water partition coefficient (Wildman–Crippen LogP) is 2.77. The van der Waals surface area contributed by atoms with Gasteiger partial charge in [-0.3, -0.25) is 14.9 Å². The number of carbonyl (C=O) groups is 2. The van der Waals surface area contributed by atoms with Gasteiger partial charge < -0.3 is 14.5 Å². The van der Waals surface area contributed by atoms with Crippen molar-refractivity contribution in [1.29, 1.82) is 0 Å². The van der Waals surface area contributed by atoms with E-state index in [-0.39, 0.29) is 17.9 Å². The van der Waals surface area contributed by atoms with Crippen LogP contribution in [0.1, 0.15) is 32.1 Å². The highest BCUT2D eigenvalue weighted by Crippen LogP contribution is 2.16. The number of carbonyl (C=O) groups excluding carboxylic acids is 2. The standard InChI is InChI=1S/C19H22N4O6/c1-19(2,3)29-18(25)21-14(11-13-7-5-4-6-8-13)17(24)22-20-12-16-15(23(26)27)9-10-28-16/h4-10,12,14H,11H2,1-3H3,(H,21,25)(H,22,24)/b20-12+. The lowest BCUT2D eigenvalue weighted by atomic mass is 10.1. The smallest absolute Gasteiger partial charge is 0.408 e. The summed E-state index contributed by atoms with van der Waals surface area (Å²) in [6.07, 6.45) is 1.61. The summed E-state index contributed by atoms with van der Waals surface area (Å²) in [4.78, 5) is 34.9. The summed E-state index contributed by atoms with van der Waals surface area (Å²) in [6.45, 7) is 5.12. The van der Waals surface area contributed by atoms with Gasteiger partial charge >= 0.3 is 11.8 Å². The normalized spacial score (nSPS) is 12.4. The van der Waals surface area contributed by atoms with E-state index in [4.69, 9.17) is 9.15 Å². The summed E-state index contributed by atoms with van der Waals surface area (Å²) in [6, 6.07) is 9.28. The average molecular weight is 402 g/mol. The molecule has 0 radical (unpaired) electrons. The molecular weight excluding hydrogens is 380 g/mol. The second kappa shape index (κ2) is 9.49. The molecule has 0 saturated heterocycles. The van der Waals surface area contributed by atoms with Crippen LogP contribution in [-0.2, 0) is 16.0 Å². The molecule has 10 heteroatoms. The number of benzene rings is 1. The molecule has 10 nitrogen and oxygen atoms in total. The Morgan fingerprint density at radius 2 is 1.97 bits per heavy atom. The minimum Gasteiger partial charge on any atom is -0.456 e. The van der Waals surface area contributed by atoms with Crippen LogP contribution in [0.25, 0.3) is 0 Å². The topological polar surface area (TPSA) is 136 Å². The van der Waals surface area contributed by atoms with E-state index in [1.807, 2.05) is 30.3 Å². The van der Waals surface area contributed by atoms with Gasteiger partial charge in [0.25, 0.3) is 5.91 Å². The van der Waals surface area contributed by atoms with Crippen molar-refractivity contribution in [2.45, 2.75) is 38.8 Å². The van der Waals surface area contributed by atoms with E-state index in [0.29, 0.717) is 0 Å². The fraction of sp³-hybridized carbons (Fsp3) is 0.316. The van der Waals surface area contributed by atoms with Crippen molar-refractivity contribution in [3.05, 3.63) is 64.1 Å². The van der Waals surface area contributed by atoms with Crippen molar-refractivity contribution in [2.75, 3.05) is 0 Å². The molecule has 0 aliphatic heterocycles. The molecule has 0 aliphatic rings. The first-order chi connectivity index (χ1) is 13.7. The number of nitrogens with zero attached hydrogens (tertiary/aromatic N) is 2. The molecule has 2 amide bonds. The third-order valence-corrected chi connectivity index (χ3v) is 3.52. The van der Waals surface area contributed by atoms with Gasteiger partial charge in [-0.1, -0.05) is 30.3 Å². The molecule has 1 aromatic heterocycles. The number of amides is 2. The maximum Gasteiger partial charge on any atom is 0.408 e. The Balaban J connectivity index is 2.08. The lowest BCUT2D eigenvalue weighted by Crippen LogP contribution is -2.48. The maximum absolute atomic E-state index is 12.5. The third kappa shape index (κ3) is 7.09. The SMILES string of the molecule is CC(C)(C)OC(=O)NC(Cc1ccccc1)C(=O)N/N=C/c1occc1[N+](=O)[O-]. The van der Waals surface area contributed by atoms with E-state index in [9.17, 15) is 19.7 Å². The van der Waals surface area contributed by atoms with Gasteiger partial charge in [0.1, 0.15) is 11.6 Å². The Kier molecular flexibility index (Phi) is 7.07. The van der Waals surface area contributed by atoms with Crippen LogP contribution >= 0.6 is 0 Å². The van der Waals surface area contributed by atoms with Gasteiger partial charge in [-0.15, -0.1) is 0 Å². The lowest BCUT2D eigenvalue weighted by molar-refractivity contribution is -0.385. The number of alkyl carbamates (subject to hydrolysis) is 1. The fourth-order valence-electron chi connectivity index (χ4n) is 2.30. The second-order valence-electron chi connectivity index (χ2n) is 7.05. The fourth-order valence-corrected chi connectivity index (χ4v) is 2.30. The molecule has 1 heterocycles. The number of furan rings is 1. The summed E-state index contributed by atoms with van der Waals surface area (Å²) in [7, 11) is 0. The number of hydrogen-bond acceptors (Lipinski definition) is 7. The number of hydrogen-bond donors (Lipinski definition) is 2. The Hall–Kier alpha value is -3.69. The molecule has 2 aromatic rings. The van der Waals surface area contributed by atoms with Gasteiger partial charge in [0.15, 0.2) is 0 Å². The van der Waals surface area contributed by atoms with Gasteiger partial charge in [0.2, 0.25) is 5.76 Å². The predicted molar refractivity (Wildman–Crippen MR) is 104 cm³/mol. The van der Waals surface area contributed by atoms with Crippen molar-refractivity contribution in [3.63, 3.8) is 0 Å². The van der Waals surface area contributed by atoms with Crippen molar-refractivity contribution in [2.24, 2.45) is 5.10 Å². The first-order valence-electron chi connectivity index (χ1n) is 8.74. The number of nitro groups is 1. The molecule has 2 rings (SSSR count). The van der Waals surface area contributed by atoms with Crippen molar-refractivity contribution >= 4 is 23.9 Å². The zero-order chi connectivity index (χ0) is 21.4. The molecule has 0 aliphatic carbocycles. The van der Waals surface area contributed by atoms with Gasteiger partial charge in [0.05, 0.1) is 23.5 Å². The monoisotopic (exact) mass is 402 g/mol.